The molecule has 0 radical (unpaired) electrons. The first-order chi connectivity index (χ1) is 7.65. The van der Waals surface area contributed by atoms with Crippen molar-refractivity contribution in [2.45, 2.75) is 44.1 Å². The predicted octanol–water partition coefficient (Wildman–Crippen LogP) is 0.862. The van der Waals surface area contributed by atoms with E-state index < -0.39 is 0 Å². The van der Waals surface area contributed by atoms with Gasteiger partial charge in [-0.1, -0.05) is 19.3 Å². The zero-order valence-electron chi connectivity index (χ0n) is 10.2. The number of anilines is 1. The van der Waals surface area contributed by atoms with Crippen molar-refractivity contribution in [1.82, 2.24) is 20.1 Å². The Bertz CT molecular complexity index is 332. The maximum Gasteiger partial charge on any atom is 0.218 e. The Balaban J connectivity index is 2.11. The van der Waals surface area contributed by atoms with Gasteiger partial charge in [-0.05, 0) is 19.9 Å². The second-order valence-corrected chi connectivity index (χ2v) is 4.78. The smallest absolute Gasteiger partial charge is 0.218 e. The molecule has 0 aromatic carbocycles. The Morgan fingerprint density at radius 2 is 2.06 bits per heavy atom. The second kappa shape index (κ2) is 4.41. The molecule has 2 rings (SSSR count). The van der Waals surface area contributed by atoms with Gasteiger partial charge in [0.25, 0.3) is 0 Å². The minimum atomic E-state index is 0.187. The highest BCUT2D eigenvalue weighted by Gasteiger charge is 2.31. The number of nitrogen functional groups attached to an aromatic ring is 1. The first-order valence-corrected chi connectivity index (χ1v) is 5.99. The zero-order valence-corrected chi connectivity index (χ0v) is 10.2. The van der Waals surface area contributed by atoms with Crippen LogP contribution in [0.3, 0.4) is 0 Å². The number of hydrogen-bond donors (Lipinski definition) is 2. The lowest BCUT2D eigenvalue weighted by molar-refractivity contribution is 0.241. The summed E-state index contributed by atoms with van der Waals surface area (Å²) in [7, 11) is 3.87. The van der Waals surface area contributed by atoms with Gasteiger partial charge in [0.1, 0.15) is 0 Å². The Kier molecular flexibility index (Phi) is 3.14. The molecule has 16 heavy (non-hydrogen) atoms. The van der Waals surface area contributed by atoms with E-state index in [4.69, 9.17) is 5.73 Å². The van der Waals surface area contributed by atoms with Crippen LogP contribution in [0, 0.1) is 0 Å². The van der Waals surface area contributed by atoms with Crippen LogP contribution in [0.5, 0.6) is 0 Å². The average Bonchev–Trinajstić information content (AvgIpc) is 2.59. The Morgan fingerprint density at radius 1 is 1.38 bits per heavy atom. The minimum Gasteiger partial charge on any atom is -0.368 e. The first-order valence-electron chi connectivity index (χ1n) is 5.99. The monoisotopic (exact) mass is 223 g/mol. The third-order valence-corrected chi connectivity index (χ3v) is 3.68. The fourth-order valence-electron chi connectivity index (χ4n) is 2.57. The van der Waals surface area contributed by atoms with Gasteiger partial charge in [0.05, 0.1) is 0 Å². The molecule has 0 amide bonds. The third-order valence-electron chi connectivity index (χ3n) is 3.68. The SMILES string of the molecule is CNC1(Cc2nc(N)n(C)n2)CCCCC1. The molecule has 1 saturated carbocycles. The molecule has 0 saturated heterocycles. The molecule has 1 aromatic heterocycles. The molecule has 0 bridgehead atoms. The molecule has 0 aliphatic heterocycles. The number of aromatic nitrogens is 3. The zero-order chi connectivity index (χ0) is 11.6. The van der Waals surface area contributed by atoms with E-state index in [2.05, 4.69) is 15.4 Å². The van der Waals surface area contributed by atoms with E-state index in [1.165, 1.54) is 32.1 Å². The van der Waals surface area contributed by atoms with Crippen molar-refractivity contribution in [2.75, 3.05) is 12.8 Å². The van der Waals surface area contributed by atoms with Crippen LogP contribution in [0.4, 0.5) is 5.95 Å². The molecule has 1 aliphatic carbocycles. The van der Waals surface area contributed by atoms with Crippen molar-refractivity contribution in [3.05, 3.63) is 5.82 Å². The van der Waals surface area contributed by atoms with E-state index in [0.29, 0.717) is 5.95 Å². The Morgan fingerprint density at radius 3 is 2.56 bits per heavy atom. The largest absolute Gasteiger partial charge is 0.368 e. The molecular weight excluding hydrogens is 202 g/mol. The molecule has 1 heterocycles. The van der Waals surface area contributed by atoms with Crippen molar-refractivity contribution < 1.29 is 0 Å². The lowest BCUT2D eigenvalue weighted by Gasteiger charge is -2.36. The number of nitrogens with zero attached hydrogens (tertiary/aromatic N) is 3. The van der Waals surface area contributed by atoms with Crippen LogP contribution in [-0.2, 0) is 13.5 Å². The molecule has 0 unspecified atom stereocenters. The number of rotatable bonds is 3. The van der Waals surface area contributed by atoms with Crippen LogP contribution in [0.25, 0.3) is 0 Å². The minimum absolute atomic E-state index is 0.187. The highest BCUT2D eigenvalue weighted by molar-refractivity contribution is 5.16. The van der Waals surface area contributed by atoms with E-state index in [9.17, 15) is 0 Å². The Labute approximate surface area is 96.4 Å². The molecule has 1 aromatic rings. The predicted molar refractivity (Wildman–Crippen MR) is 64.0 cm³/mol. The molecule has 1 fully saturated rings. The van der Waals surface area contributed by atoms with Gasteiger partial charge in [-0.2, -0.15) is 10.1 Å². The van der Waals surface area contributed by atoms with Crippen molar-refractivity contribution >= 4 is 5.95 Å². The van der Waals surface area contributed by atoms with Gasteiger partial charge in [-0.25, -0.2) is 4.68 Å². The van der Waals surface area contributed by atoms with Crippen LogP contribution in [-0.4, -0.2) is 27.4 Å². The van der Waals surface area contributed by atoms with E-state index >= 15 is 0 Å². The number of likely N-dealkylation sites (N-methyl/N-ethyl adjacent to an activating group) is 1. The summed E-state index contributed by atoms with van der Waals surface area (Å²) in [5.74, 6) is 1.35. The average molecular weight is 223 g/mol. The quantitative estimate of drug-likeness (QED) is 0.797. The van der Waals surface area contributed by atoms with Gasteiger partial charge < -0.3 is 11.1 Å². The highest BCUT2D eigenvalue weighted by Crippen LogP contribution is 2.30. The van der Waals surface area contributed by atoms with Gasteiger partial charge in [0, 0.05) is 19.0 Å². The van der Waals surface area contributed by atoms with E-state index in [0.717, 1.165) is 12.2 Å². The molecule has 5 heteroatoms. The summed E-state index contributed by atoms with van der Waals surface area (Å²) < 4.78 is 1.64. The molecule has 1 aliphatic rings. The van der Waals surface area contributed by atoms with Crippen LogP contribution >= 0.6 is 0 Å². The maximum atomic E-state index is 5.70. The van der Waals surface area contributed by atoms with Gasteiger partial charge in [0.2, 0.25) is 5.95 Å². The molecule has 5 nitrogen and oxygen atoms in total. The molecule has 0 spiro atoms. The summed E-state index contributed by atoms with van der Waals surface area (Å²) >= 11 is 0. The number of hydrogen-bond acceptors (Lipinski definition) is 4. The van der Waals surface area contributed by atoms with Gasteiger partial charge in [0.15, 0.2) is 5.82 Å². The molecule has 90 valence electrons. The number of aryl methyl sites for hydroxylation is 1. The maximum absolute atomic E-state index is 5.70. The number of nitrogens with two attached hydrogens (primary N) is 1. The van der Waals surface area contributed by atoms with E-state index in [1.807, 2.05) is 14.1 Å². The summed E-state index contributed by atoms with van der Waals surface area (Å²) in [6.07, 6.45) is 7.24. The second-order valence-electron chi connectivity index (χ2n) is 4.78. The van der Waals surface area contributed by atoms with Crippen LogP contribution in [0.15, 0.2) is 0 Å². The lowest BCUT2D eigenvalue weighted by Crippen LogP contribution is -2.46. The van der Waals surface area contributed by atoms with Crippen molar-refractivity contribution in [3.8, 4) is 0 Å². The number of nitrogens with one attached hydrogen (secondary N) is 1. The van der Waals surface area contributed by atoms with E-state index in [-0.39, 0.29) is 5.54 Å². The van der Waals surface area contributed by atoms with Crippen LogP contribution in [0.1, 0.15) is 37.9 Å². The van der Waals surface area contributed by atoms with Gasteiger partial charge >= 0.3 is 0 Å². The van der Waals surface area contributed by atoms with Crippen molar-refractivity contribution in [3.63, 3.8) is 0 Å². The van der Waals surface area contributed by atoms with Crippen molar-refractivity contribution in [2.24, 2.45) is 7.05 Å². The molecule has 0 atom stereocenters. The summed E-state index contributed by atoms with van der Waals surface area (Å²) in [6, 6.07) is 0. The summed E-state index contributed by atoms with van der Waals surface area (Å²) in [5, 5.41) is 7.80. The fraction of sp³-hybridized carbons (Fsp3) is 0.818. The van der Waals surface area contributed by atoms with E-state index in [1.54, 1.807) is 4.68 Å². The first kappa shape index (κ1) is 11.4. The summed E-state index contributed by atoms with van der Waals surface area (Å²) in [6.45, 7) is 0. The highest BCUT2D eigenvalue weighted by atomic mass is 15.4. The third kappa shape index (κ3) is 2.19. The molecule has 3 N–H and O–H groups in total. The van der Waals surface area contributed by atoms with Gasteiger partial charge in [-0.15, -0.1) is 0 Å². The van der Waals surface area contributed by atoms with Crippen molar-refractivity contribution in [1.29, 1.82) is 0 Å². The van der Waals surface area contributed by atoms with Crippen LogP contribution in [0.2, 0.25) is 0 Å². The topological polar surface area (TPSA) is 68.8 Å². The standard InChI is InChI=1S/C11H21N5/c1-13-11(6-4-3-5-7-11)8-9-14-10(12)16(2)15-9/h13H,3-8H2,1-2H3,(H2,12,14,15). The van der Waals surface area contributed by atoms with Crippen LogP contribution < -0.4 is 11.1 Å². The van der Waals surface area contributed by atoms with Gasteiger partial charge in [-0.3, -0.25) is 0 Å². The summed E-state index contributed by atoms with van der Waals surface area (Å²) in [5.41, 5.74) is 5.89. The molecular formula is C11H21N5. The fourth-order valence-corrected chi connectivity index (χ4v) is 2.57. The Hall–Kier alpha value is -1.10. The normalized spacial score (nSPS) is 19.9. The summed E-state index contributed by atoms with van der Waals surface area (Å²) in [4.78, 5) is 4.29. The lowest BCUT2D eigenvalue weighted by atomic mass is 9.79.